The maximum atomic E-state index is 11.1. The minimum atomic E-state index is -0.426. The molecule has 2 aromatic rings. The van der Waals surface area contributed by atoms with Crippen LogP contribution in [0.4, 0.5) is 0 Å². The van der Waals surface area contributed by atoms with Gasteiger partial charge in [-0.3, -0.25) is 4.79 Å². The van der Waals surface area contributed by atoms with Crippen molar-refractivity contribution in [2.45, 2.75) is 24.3 Å². The van der Waals surface area contributed by atoms with Crippen LogP contribution in [0.2, 0.25) is 0 Å². The highest BCUT2D eigenvalue weighted by atomic mass is 32.2. The normalized spacial score (nSPS) is 12.1. The third-order valence-electron chi connectivity index (χ3n) is 2.77. The minimum Gasteiger partial charge on any atom is -0.494 e. The second kappa shape index (κ2) is 6.49. The molecule has 1 heterocycles. The Bertz CT molecular complexity index is 626. The van der Waals surface area contributed by atoms with Gasteiger partial charge in [0.1, 0.15) is 5.75 Å². The molecule has 21 heavy (non-hydrogen) atoms. The molecule has 0 spiro atoms. The Labute approximate surface area is 126 Å². The van der Waals surface area contributed by atoms with E-state index in [-0.39, 0.29) is 0 Å². The smallest absolute Gasteiger partial charge is 0.230 e. The summed E-state index contributed by atoms with van der Waals surface area (Å²) in [6, 6.07) is 7.38. The molecule has 0 radical (unpaired) electrons. The number of carbonyl (C=O) groups excluding carboxylic acids is 1. The first-order valence-electron chi connectivity index (χ1n) is 6.42. The summed E-state index contributed by atoms with van der Waals surface area (Å²) in [7, 11) is 0. The number of thioether (sulfide) groups is 1. The number of primary amides is 1. The van der Waals surface area contributed by atoms with Gasteiger partial charge in [-0.15, -0.1) is 10.2 Å². The molecule has 0 aliphatic rings. The van der Waals surface area contributed by atoms with Gasteiger partial charge in [0.2, 0.25) is 11.1 Å². The third kappa shape index (κ3) is 3.46. The van der Waals surface area contributed by atoms with E-state index in [1.54, 1.807) is 6.92 Å². The Balaban J connectivity index is 2.21. The lowest BCUT2D eigenvalue weighted by Crippen LogP contribution is -2.23. The van der Waals surface area contributed by atoms with Crippen molar-refractivity contribution < 1.29 is 9.53 Å². The van der Waals surface area contributed by atoms with E-state index in [2.05, 4.69) is 10.2 Å². The van der Waals surface area contributed by atoms with Gasteiger partial charge in [-0.05, 0) is 38.1 Å². The van der Waals surface area contributed by atoms with Crippen LogP contribution in [0.5, 0.6) is 5.75 Å². The Kier molecular flexibility index (Phi) is 4.69. The number of nitrogens with zero attached hydrogens (tertiary/aromatic N) is 3. The van der Waals surface area contributed by atoms with Crippen LogP contribution in [0.3, 0.4) is 0 Å². The Morgan fingerprint density at radius 1 is 1.38 bits per heavy atom. The zero-order valence-corrected chi connectivity index (χ0v) is 12.6. The molecule has 0 bridgehead atoms. The highest BCUT2D eigenvalue weighted by Gasteiger charge is 2.17. The highest BCUT2D eigenvalue weighted by Crippen LogP contribution is 2.25. The van der Waals surface area contributed by atoms with E-state index >= 15 is 0 Å². The summed E-state index contributed by atoms with van der Waals surface area (Å²) >= 11 is 1.17. The SMILES string of the molecule is CCOc1ccc(-c2nnc(SC(C)C(N)=O)n2N)cc1. The van der Waals surface area contributed by atoms with Gasteiger partial charge in [-0.2, -0.15) is 0 Å². The average Bonchev–Trinajstić information content (AvgIpc) is 2.81. The molecular weight excluding hydrogens is 290 g/mol. The summed E-state index contributed by atoms with van der Waals surface area (Å²) in [5.74, 6) is 6.83. The predicted molar refractivity (Wildman–Crippen MR) is 81.3 cm³/mol. The van der Waals surface area contributed by atoms with Crippen LogP contribution in [0.25, 0.3) is 11.4 Å². The molecule has 0 saturated carbocycles. The first-order valence-corrected chi connectivity index (χ1v) is 7.30. The van der Waals surface area contributed by atoms with Gasteiger partial charge >= 0.3 is 0 Å². The van der Waals surface area contributed by atoms with Gasteiger partial charge < -0.3 is 16.3 Å². The molecule has 1 amide bonds. The van der Waals surface area contributed by atoms with E-state index in [0.29, 0.717) is 17.6 Å². The Morgan fingerprint density at radius 3 is 2.62 bits per heavy atom. The molecule has 1 aromatic carbocycles. The molecule has 112 valence electrons. The molecule has 8 heteroatoms. The summed E-state index contributed by atoms with van der Waals surface area (Å²) in [4.78, 5) is 11.1. The molecule has 1 atom stereocenters. The van der Waals surface area contributed by atoms with Crippen LogP contribution in [0.1, 0.15) is 13.8 Å². The lowest BCUT2D eigenvalue weighted by atomic mass is 10.2. The fraction of sp³-hybridized carbons (Fsp3) is 0.308. The van der Waals surface area contributed by atoms with E-state index in [1.807, 2.05) is 31.2 Å². The molecule has 2 rings (SSSR count). The molecule has 0 aliphatic heterocycles. The molecule has 0 saturated heterocycles. The van der Waals surface area contributed by atoms with E-state index in [4.69, 9.17) is 16.3 Å². The summed E-state index contributed by atoms with van der Waals surface area (Å²) in [5.41, 5.74) is 6.04. The van der Waals surface area contributed by atoms with Crippen molar-refractivity contribution in [3.8, 4) is 17.1 Å². The Hall–Kier alpha value is -2.22. The molecular formula is C13H17N5O2S. The van der Waals surface area contributed by atoms with E-state index in [9.17, 15) is 4.79 Å². The molecule has 7 nitrogen and oxygen atoms in total. The maximum absolute atomic E-state index is 11.1. The highest BCUT2D eigenvalue weighted by molar-refractivity contribution is 8.00. The maximum Gasteiger partial charge on any atom is 0.230 e. The number of carbonyl (C=O) groups is 1. The third-order valence-corrected chi connectivity index (χ3v) is 3.85. The lowest BCUT2D eigenvalue weighted by molar-refractivity contribution is -0.117. The molecule has 0 aliphatic carbocycles. The summed E-state index contributed by atoms with van der Waals surface area (Å²) in [5, 5.41) is 8.04. The first kappa shape index (κ1) is 15.2. The van der Waals surface area contributed by atoms with Gasteiger partial charge in [0.05, 0.1) is 11.9 Å². The fourth-order valence-electron chi connectivity index (χ4n) is 1.64. The largest absolute Gasteiger partial charge is 0.494 e. The topological polar surface area (TPSA) is 109 Å². The zero-order valence-electron chi connectivity index (χ0n) is 11.8. The van der Waals surface area contributed by atoms with Crippen LogP contribution in [0, 0.1) is 0 Å². The van der Waals surface area contributed by atoms with Gasteiger partial charge in [-0.1, -0.05) is 11.8 Å². The number of nitrogens with two attached hydrogens (primary N) is 2. The summed E-state index contributed by atoms with van der Waals surface area (Å²) in [6.45, 7) is 4.23. The number of amides is 1. The lowest BCUT2D eigenvalue weighted by Gasteiger charge is -2.07. The number of benzene rings is 1. The van der Waals surface area contributed by atoms with Crippen molar-refractivity contribution in [2.24, 2.45) is 5.73 Å². The van der Waals surface area contributed by atoms with Crippen LogP contribution >= 0.6 is 11.8 Å². The number of aromatic nitrogens is 3. The number of rotatable bonds is 6. The van der Waals surface area contributed by atoms with Gasteiger partial charge in [-0.25, -0.2) is 4.68 Å². The van der Waals surface area contributed by atoms with Crippen molar-refractivity contribution in [1.82, 2.24) is 14.9 Å². The van der Waals surface area contributed by atoms with Crippen LogP contribution in [0.15, 0.2) is 29.4 Å². The first-order chi connectivity index (χ1) is 10.0. The summed E-state index contributed by atoms with van der Waals surface area (Å²) < 4.78 is 6.73. The quantitative estimate of drug-likeness (QED) is 0.609. The number of nitrogen functional groups attached to an aromatic ring is 1. The number of hydrogen-bond acceptors (Lipinski definition) is 6. The number of hydrogen-bond donors (Lipinski definition) is 2. The molecule has 1 unspecified atom stereocenters. The van der Waals surface area contributed by atoms with Crippen molar-refractivity contribution in [3.05, 3.63) is 24.3 Å². The van der Waals surface area contributed by atoms with Crippen LogP contribution < -0.4 is 16.3 Å². The summed E-state index contributed by atoms with van der Waals surface area (Å²) in [6.07, 6.45) is 0. The van der Waals surface area contributed by atoms with Crippen LogP contribution in [-0.4, -0.2) is 32.6 Å². The average molecular weight is 307 g/mol. The van der Waals surface area contributed by atoms with Crippen molar-refractivity contribution in [3.63, 3.8) is 0 Å². The fourth-order valence-corrected chi connectivity index (χ4v) is 2.36. The predicted octanol–water partition coefficient (Wildman–Crippen LogP) is 1.02. The molecule has 0 fully saturated rings. The van der Waals surface area contributed by atoms with Gasteiger partial charge in [0.25, 0.3) is 0 Å². The van der Waals surface area contributed by atoms with Gasteiger partial charge in [0, 0.05) is 5.56 Å². The van der Waals surface area contributed by atoms with Crippen molar-refractivity contribution in [1.29, 1.82) is 0 Å². The monoisotopic (exact) mass is 307 g/mol. The molecule has 4 N–H and O–H groups in total. The van der Waals surface area contributed by atoms with E-state index < -0.39 is 11.2 Å². The zero-order chi connectivity index (χ0) is 15.4. The standard InChI is InChI=1S/C13H17N5O2S/c1-3-20-10-6-4-9(5-7-10)12-16-17-13(18(12)15)21-8(2)11(14)19/h4-8H,3,15H2,1-2H3,(H2,14,19). The number of ether oxygens (including phenoxy) is 1. The van der Waals surface area contributed by atoms with E-state index in [0.717, 1.165) is 11.3 Å². The van der Waals surface area contributed by atoms with Gasteiger partial charge in [0.15, 0.2) is 5.82 Å². The Morgan fingerprint density at radius 2 is 2.05 bits per heavy atom. The second-order valence-corrected chi connectivity index (χ2v) is 5.60. The van der Waals surface area contributed by atoms with E-state index in [1.165, 1.54) is 16.4 Å². The minimum absolute atomic E-state index is 0.425. The molecule has 1 aromatic heterocycles. The van der Waals surface area contributed by atoms with Crippen LogP contribution in [-0.2, 0) is 4.79 Å². The van der Waals surface area contributed by atoms with Crippen molar-refractivity contribution in [2.75, 3.05) is 12.4 Å². The van der Waals surface area contributed by atoms with Crippen molar-refractivity contribution >= 4 is 17.7 Å². The second-order valence-electron chi connectivity index (χ2n) is 4.30.